The van der Waals surface area contributed by atoms with Gasteiger partial charge in [-0.2, -0.15) is 0 Å². The molecule has 6 heteroatoms. The van der Waals surface area contributed by atoms with E-state index in [1.807, 2.05) is 73.3 Å². The molecule has 1 aliphatic rings. The molecule has 0 radical (unpaired) electrons. The van der Waals surface area contributed by atoms with Gasteiger partial charge in [-0.1, -0.05) is 23.7 Å². The first kappa shape index (κ1) is 20.4. The Morgan fingerprint density at radius 1 is 0.967 bits per heavy atom. The number of carbonyl (C=O) groups excluding carboxylic acids is 1. The number of rotatable bonds is 4. The van der Waals surface area contributed by atoms with E-state index < -0.39 is 0 Å². The molecule has 5 nitrogen and oxygen atoms in total. The van der Waals surface area contributed by atoms with Crippen LogP contribution in [0.5, 0.6) is 5.75 Å². The Labute approximate surface area is 182 Å². The Bertz CT molecular complexity index is 1050. The van der Waals surface area contributed by atoms with Crippen LogP contribution in [0.2, 0.25) is 5.02 Å². The van der Waals surface area contributed by atoms with E-state index >= 15 is 0 Å². The molecule has 1 aromatic heterocycles. The van der Waals surface area contributed by atoms with Crippen LogP contribution >= 0.6 is 11.6 Å². The fraction of sp³-hybridized carbons (Fsp3) is 0.292. The van der Waals surface area contributed by atoms with Gasteiger partial charge in [-0.15, -0.1) is 0 Å². The molecule has 0 N–H and O–H groups in total. The van der Waals surface area contributed by atoms with Crippen molar-refractivity contribution in [2.24, 2.45) is 0 Å². The fourth-order valence-corrected chi connectivity index (χ4v) is 4.39. The van der Waals surface area contributed by atoms with Gasteiger partial charge in [0.25, 0.3) is 5.91 Å². The Kier molecular flexibility index (Phi) is 5.73. The Balaban J connectivity index is 1.51. The number of halogens is 1. The first-order valence-electron chi connectivity index (χ1n) is 10.1. The van der Waals surface area contributed by atoms with Gasteiger partial charge in [0.1, 0.15) is 5.75 Å². The maximum atomic E-state index is 13.3. The third-order valence-corrected chi connectivity index (χ3v) is 6.07. The van der Waals surface area contributed by atoms with Gasteiger partial charge in [-0.25, -0.2) is 0 Å². The largest absolute Gasteiger partial charge is 0.497 e. The topological polar surface area (TPSA) is 37.7 Å². The Morgan fingerprint density at radius 2 is 1.63 bits per heavy atom. The lowest BCUT2D eigenvalue weighted by atomic mass is 10.2. The van der Waals surface area contributed by atoms with Crippen molar-refractivity contribution in [2.45, 2.75) is 13.8 Å². The van der Waals surface area contributed by atoms with Gasteiger partial charge >= 0.3 is 0 Å². The van der Waals surface area contributed by atoms with Gasteiger partial charge < -0.3 is 19.1 Å². The van der Waals surface area contributed by atoms with Gasteiger partial charge in [0.05, 0.1) is 23.4 Å². The summed E-state index contributed by atoms with van der Waals surface area (Å²) in [6.45, 7) is 6.93. The molecule has 0 saturated carbocycles. The van der Waals surface area contributed by atoms with Crippen LogP contribution in [0.3, 0.4) is 0 Å². The molecule has 2 aromatic carbocycles. The SMILES string of the molecule is COc1ccc(-n2c(C)cc(C(=O)N3CCN(c4ccccc4Cl)CC3)c2C)cc1. The van der Waals surface area contributed by atoms with Crippen LogP contribution in [0.15, 0.2) is 54.6 Å². The lowest BCUT2D eigenvalue weighted by Gasteiger charge is -2.36. The molecule has 1 saturated heterocycles. The average molecular weight is 424 g/mol. The summed E-state index contributed by atoms with van der Waals surface area (Å²) in [5, 5.41) is 0.750. The van der Waals surface area contributed by atoms with Gasteiger partial charge in [0, 0.05) is 43.3 Å². The summed E-state index contributed by atoms with van der Waals surface area (Å²) >= 11 is 6.34. The molecule has 2 heterocycles. The van der Waals surface area contributed by atoms with Crippen LogP contribution in [-0.4, -0.2) is 48.7 Å². The molecular formula is C24H26ClN3O2. The van der Waals surface area contributed by atoms with Crippen LogP contribution in [0.1, 0.15) is 21.7 Å². The molecule has 3 aromatic rings. The van der Waals surface area contributed by atoms with E-state index in [1.165, 1.54) is 0 Å². The summed E-state index contributed by atoms with van der Waals surface area (Å²) in [6, 6.07) is 17.7. The molecule has 1 amide bonds. The number of amides is 1. The van der Waals surface area contributed by atoms with Gasteiger partial charge in [0.2, 0.25) is 0 Å². The molecular weight excluding hydrogens is 398 g/mol. The van der Waals surface area contributed by atoms with Crippen molar-refractivity contribution in [2.75, 3.05) is 38.2 Å². The summed E-state index contributed by atoms with van der Waals surface area (Å²) in [5.74, 6) is 0.899. The van der Waals surface area contributed by atoms with Crippen LogP contribution in [0, 0.1) is 13.8 Å². The monoisotopic (exact) mass is 423 g/mol. The number of nitrogens with zero attached hydrogens (tertiary/aromatic N) is 3. The number of benzene rings is 2. The zero-order valence-electron chi connectivity index (χ0n) is 17.6. The number of piperazine rings is 1. The molecule has 1 fully saturated rings. The number of hydrogen-bond donors (Lipinski definition) is 0. The molecule has 0 aliphatic carbocycles. The van der Waals surface area contributed by atoms with E-state index in [0.29, 0.717) is 13.1 Å². The molecule has 0 atom stereocenters. The second-order valence-corrected chi connectivity index (χ2v) is 7.96. The number of carbonyl (C=O) groups is 1. The Hall–Kier alpha value is -2.92. The number of anilines is 1. The number of aromatic nitrogens is 1. The summed E-state index contributed by atoms with van der Waals surface area (Å²) < 4.78 is 7.37. The van der Waals surface area contributed by atoms with E-state index in [1.54, 1.807) is 7.11 Å². The molecule has 30 heavy (non-hydrogen) atoms. The quantitative estimate of drug-likeness (QED) is 0.609. The summed E-state index contributed by atoms with van der Waals surface area (Å²) in [6.07, 6.45) is 0. The third-order valence-electron chi connectivity index (χ3n) is 5.75. The summed E-state index contributed by atoms with van der Waals surface area (Å²) in [7, 11) is 1.66. The molecule has 156 valence electrons. The highest BCUT2D eigenvalue weighted by molar-refractivity contribution is 6.33. The van der Waals surface area contributed by atoms with Gasteiger partial charge in [-0.05, 0) is 56.3 Å². The van der Waals surface area contributed by atoms with E-state index in [-0.39, 0.29) is 5.91 Å². The zero-order valence-corrected chi connectivity index (χ0v) is 18.3. The van der Waals surface area contributed by atoms with Crippen LogP contribution < -0.4 is 9.64 Å². The number of aryl methyl sites for hydroxylation is 1. The van der Waals surface area contributed by atoms with E-state index in [9.17, 15) is 4.79 Å². The number of methoxy groups -OCH3 is 1. The maximum absolute atomic E-state index is 13.3. The number of hydrogen-bond acceptors (Lipinski definition) is 3. The number of ether oxygens (including phenoxy) is 1. The lowest BCUT2D eigenvalue weighted by molar-refractivity contribution is 0.0746. The third kappa shape index (κ3) is 3.77. The smallest absolute Gasteiger partial charge is 0.255 e. The highest BCUT2D eigenvalue weighted by Crippen LogP contribution is 2.27. The molecule has 0 spiro atoms. The van der Waals surface area contributed by atoms with E-state index in [4.69, 9.17) is 16.3 Å². The van der Waals surface area contributed by atoms with Crippen molar-refractivity contribution in [3.8, 4) is 11.4 Å². The van der Waals surface area contributed by atoms with E-state index in [0.717, 1.165) is 52.2 Å². The normalized spacial score (nSPS) is 14.1. The van der Waals surface area contributed by atoms with Crippen LogP contribution in [0.25, 0.3) is 5.69 Å². The van der Waals surface area contributed by atoms with Crippen LogP contribution in [0.4, 0.5) is 5.69 Å². The maximum Gasteiger partial charge on any atom is 0.255 e. The minimum atomic E-state index is 0.0849. The second-order valence-electron chi connectivity index (χ2n) is 7.55. The van der Waals surface area contributed by atoms with Crippen LogP contribution in [-0.2, 0) is 0 Å². The molecule has 0 unspecified atom stereocenters. The van der Waals surface area contributed by atoms with Crippen molar-refractivity contribution in [3.05, 3.63) is 76.6 Å². The zero-order chi connectivity index (χ0) is 21.3. The minimum absolute atomic E-state index is 0.0849. The van der Waals surface area contributed by atoms with Gasteiger partial charge in [0.15, 0.2) is 0 Å². The molecule has 0 bridgehead atoms. The standard InChI is InChI=1S/C24H26ClN3O2/c1-17-16-21(18(2)28(17)19-8-10-20(30-3)11-9-19)24(29)27-14-12-26(13-15-27)23-7-5-4-6-22(23)25/h4-11,16H,12-15H2,1-3H3. The van der Waals surface area contributed by atoms with Gasteiger partial charge in [-0.3, -0.25) is 4.79 Å². The predicted molar refractivity (Wildman–Crippen MR) is 121 cm³/mol. The minimum Gasteiger partial charge on any atom is -0.497 e. The second kappa shape index (κ2) is 8.44. The fourth-order valence-electron chi connectivity index (χ4n) is 4.14. The van der Waals surface area contributed by atoms with E-state index in [2.05, 4.69) is 9.47 Å². The van der Waals surface area contributed by atoms with Crippen molar-refractivity contribution in [1.29, 1.82) is 0 Å². The first-order chi connectivity index (χ1) is 14.5. The predicted octanol–water partition coefficient (Wildman–Crippen LogP) is 4.72. The highest BCUT2D eigenvalue weighted by Gasteiger charge is 2.26. The first-order valence-corrected chi connectivity index (χ1v) is 10.5. The summed E-state index contributed by atoms with van der Waals surface area (Å²) in [5.41, 5.74) is 4.80. The summed E-state index contributed by atoms with van der Waals surface area (Å²) in [4.78, 5) is 17.5. The van der Waals surface area contributed by atoms with Crippen molar-refractivity contribution >= 4 is 23.2 Å². The average Bonchev–Trinajstić information content (AvgIpc) is 3.07. The lowest BCUT2D eigenvalue weighted by Crippen LogP contribution is -2.49. The Morgan fingerprint density at radius 3 is 2.27 bits per heavy atom. The molecule has 1 aliphatic heterocycles. The van der Waals surface area contributed by atoms with Crippen molar-refractivity contribution in [3.63, 3.8) is 0 Å². The highest BCUT2D eigenvalue weighted by atomic mass is 35.5. The van der Waals surface area contributed by atoms with Crippen molar-refractivity contribution in [1.82, 2.24) is 9.47 Å². The number of para-hydroxylation sites is 1. The van der Waals surface area contributed by atoms with Crippen molar-refractivity contribution < 1.29 is 9.53 Å². The molecule has 4 rings (SSSR count).